The number of rotatable bonds is 4. The van der Waals surface area contributed by atoms with Gasteiger partial charge in [0, 0.05) is 41.0 Å². The lowest BCUT2D eigenvalue weighted by molar-refractivity contribution is -0.117. The maximum Gasteiger partial charge on any atom is 0.255 e. The Morgan fingerprint density at radius 3 is 2.45 bits per heavy atom. The van der Waals surface area contributed by atoms with Crippen molar-refractivity contribution in [3.63, 3.8) is 0 Å². The molecule has 0 fully saturated rings. The Hall–Kier alpha value is -3.86. The molecule has 0 saturated heterocycles. The molecule has 1 atom stereocenters. The van der Waals surface area contributed by atoms with Gasteiger partial charge < -0.3 is 14.8 Å². The van der Waals surface area contributed by atoms with Crippen LogP contribution in [0.3, 0.4) is 0 Å². The summed E-state index contributed by atoms with van der Waals surface area (Å²) < 4.78 is 2.07. The summed E-state index contributed by atoms with van der Waals surface area (Å²) >= 11 is 0. The molecule has 0 bridgehead atoms. The number of nitrogens with one attached hydrogen (secondary N) is 1. The number of benzene rings is 3. The fourth-order valence-electron chi connectivity index (χ4n) is 4.45. The van der Waals surface area contributed by atoms with E-state index in [4.69, 9.17) is 0 Å². The molecule has 5 heteroatoms. The van der Waals surface area contributed by atoms with Gasteiger partial charge in [-0.25, -0.2) is 0 Å². The van der Waals surface area contributed by atoms with Crippen molar-refractivity contribution in [1.82, 2.24) is 9.47 Å². The first-order valence-corrected chi connectivity index (χ1v) is 10.3. The molecule has 3 aromatic carbocycles. The van der Waals surface area contributed by atoms with Crippen LogP contribution in [0.2, 0.25) is 0 Å². The average Bonchev–Trinajstić information content (AvgIpc) is 3.24. The number of aromatic nitrogens is 1. The molecule has 2 heterocycles. The van der Waals surface area contributed by atoms with Crippen LogP contribution >= 0.6 is 0 Å². The number of amides is 2. The Balaban J connectivity index is 1.53. The van der Waals surface area contributed by atoms with E-state index in [1.165, 1.54) is 0 Å². The van der Waals surface area contributed by atoms with Crippen LogP contribution < -0.4 is 5.32 Å². The Morgan fingerprint density at radius 1 is 0.935 bits per heavy atom. The highest BCUT2D eigenvalue weighted by molar-refractivity contribution is 6.04. The van der Waals surface area contributed by atoms with E-state index in [-0.39, 0.29) is 24.4 Å². The van der Waals surface area contributed by atoms with E-state index in [0.717, 1.165) is 33.3 Å². The summed E-state index contributed by atoms with van der Waals surface area (Å²) in [6.45, 7) is 1.98. The second-order valence-electron chi connectivity index (χ2n) is 8.05. The van der Waals surface area contributed by atoms with Crippen LogP contribution in [0.1, 0.15) is 33.1 Å². The predicted molar refractivity (Wildman–Crippen MR) is 122 cm³/mol. The third-order valence-electron chi connectivity index (χ3n) is 5.93. The first-order valence-electron chi connectivity index (χ1n) is 10.3. The zero-order valence-electron chi connectivity index (χ0n) is 17.5. The number of aryl methyl sites for hydroxylation is 2. The summed E-state index contributed by atoms with van der Waals surface area (Å²) in [6.07, 6.45) is 2.07. The summed E-state index contributed by atoms with van der Waals surface area (Å²) in [4.78, 5) is 27.9. The smallest absolute Gasteiger partial charge is 0.255 e. The second-order valence-corrected chi connectivity index (χ2v) is 8.05. The lowest BCUT2D eigenvalue weighted by Gasteiger charge is -2.25. The van der Waals surface area contributed by atoms with Crippen LogP contribution in [0.4, 0.5) is 5.69 Å². The summed E-state index contributed by atoms with van der Waals surface area (Å²) in [6, 6.07) is 23.1. The van der Waals surface area contributed by atoms with Crippen molar-refractivity contribution < 1.29 is 9.59 Å². The number of nitrogens with zero attached hydrogens (tertiary/aromatic N) is 2. The minimum absolute atomic E-state index is 0.0186. The molecule has 4 aromatic rings. The van der Waals surface area contributed by atoms with E-state index < -0.39 is 0 Å². The molecule has 1 N–H and O–H groups in total. The summed E-state index contributed by atoms with van der Waals surface area (Å²) in [5, 5.41) is 4.01. The number of carbonyl (C=O) groups excluding carboxylic acids is 2. The minimum Gasteiger partial charge on any atom is -0.350 e. The van der Waals surface area contributed by atoms with Crippen molar-refractivity contribution in [3.8, 4) is 0 Å². The monoisotopic (exact) mass is 409 g/mol. The maximum absolute atomic E-state index is 13.3. The summed E-state index contributed by atoms with van der Waals surface area (Å²) in [5.41, 5.74) is 5.56. The van der Waals surface area contributed by atoms with Gasteiger partial charge in [0.15, 0.2) is 0 Å². The number of carbonyl (C=O) groups is 2. The Labute approximate surface area is 180 Å². The van der Waals surface area contributed by atoms with Gasteiger partial charge in [0.05, 0.1) is 6.04 Å². The molecule has 5 nitrogen and oxygen atoms in total. The fraction of sp³-hybridized carbons (Fsp3) is 0.154. The maximum atomic E-state index is 13.3. The van der Waals surface area contributed by atoms with Crippen LogP contribution in [0.15, 0.2) is 79.0 Å². The van der Waals surface area contributed by atoms with Crippen molar-refractivity contribution >= 4 is 28.4 Å². The molecular formula is C26H23N3O2. The van der Waals surface area contributed by atoms with E-state index in [9.17, 15) is 9.59 Å². The molecule has 154 valence electrons. The first-order chi connectivity index (χ1) is 15.0. The van der Waals surface area contributed by atoms with Gasteiger partial charge in [-0.2, -0.15) is 0 Å². The van der Waals surface area contributed by atoms with E-state index in [1.54, 1.807) is 4.90 Å². The largest absolute Gasteiger partial charge is 0.350 e. The van der Waals surface area contributed by atoms with Gasteiger partial charge in [0.25, 0.3) is 5.91 Å². The Bertz CT molecular complexity index is 1300. The SMILES string of the molecule is Cc1ccc(NC(=O)CN2C(=O)c3ccccc3[C@@H]2c2cn(C)c3ccccc23)cc1. The number of fused-ring (bicyclic) bond motifs is 2. The highest BCUT2D eigenvalue weighted by Crippen LogP contribution is 2.41. The highest BCUT2D eigenvalue weighted by Gasteiger charge is 2.39. The minimum atomic E-state index is -0.307. The molecule has 1 aromatic heterocycles. The number of para-hydroxylation sites is 1. The van der Waals surface area contributed by atoms with E-state index >= 15 is 0 Å². The van der Waals surface area contributed by atoms with E-state index in [0.29, 0.717) is 5.56 Å². The van der Waals surface area contributed by atoms with E-state index in [1.807, 2.05) is 74.6 Å². The van der Waals surface area contributed by atoms with E-state index in [2.05, 4.69) is 28.2 Å². The lowest BCUT2D eigenvalue weighted by atomic mass is 9.97. The summed E-state index contributed by atoms with van der Waals surface area (Å²) in [5.74, 6) is -0.331. The topological polar surface area (TPSA) is 54.3 Å². The fourth-order valence-corrected chi connectivity index (χ4v) is 4.45. The van der Waals surface area contributed by atoms with Crippen LogP contribution in [-0.2, 0) is 11.8 Å². The van der Waals surface area contributed by atoms with Gasteiger partial charge in [-0.05, 0) is 36.8 Å². The van der Waals surface area contributed by atoms with Crippen LogP contribution in [0.5, 0.6) is 0 Å². The lowest BCUT2D eigenvalue weighted by Crippen LogP contribution is -2.36. The van der Waals surface area contributed by atoms with Crippen LogP contribution in [0, 0.1) is 6.92 Å². The molecule has 31 heavy (non-hydrogen) atoms. The average molecular weight is 409 g/mol. The summed E-state index contributed by atoms with van der Waals surface area (Å²) in [7, 11) is 2.00. The van der Waals surface area contributed by atoms with Crippen molar-refractivity contribution in [1.29, 1.82) is 0 Å². The number of hydrogen-bond donors (Lipinski definition) is 1. The molecule has 0 saturated carbocycles. The van der Waals surface area contributed by atoms with Crippen molar-refractivity contribution in [2.24, 2.45) is 7.05 Å². The van der Waals surface area contributed by atoms with Gasteiger partial charge in [-0.1, -0.05) is 54.1 Å². The number of hydrogen-bond acceptors (Lipinski definition) is 2. The third-order valence-corrected chi connectivity index (χ3v) is 5.93. The van der Waals surface area contributed by atoms with Crippen molar-refractivity contribution in [2.75, 3.05) is 11.9 Å². The molecule has 0 unspecified atom stereocenters. The molecule has 0 radical (unpaired) electrons. The third kappa shape index (κ3) is 3.28. The van der Waals surface area contributed by atoms with Crippen LogP contribution in [0.25, 0.3) is 10.9 Å². The molecule has 1 aliphatic heterocycles. The molecule has 2 amide bonds. The zero-order chi connectivity index (χ0) is 21.5. The second kappa shape index (κ2) is 7.43. The Kier molecular flexibility index (Phi) is 4.59. The Morgan fingerprint density at radius 2 is 1.65 bits per heavy atom. The molecule has 1 aliphatic rings. The predicted octanol–water partition coefficient (Wildman–Crippen LogP) is 4.67. The van der Waals surface area contributed by atoms with Gasteiger partial charge in [0.2, 0.25) is 5.91 Å². The van der Waals surface area contributed by atoms with Crippen LogP contribution in [-0.4, -0.2) is 27.8 Å². The van der Waals surface area contributed by atoms with Gasteiger partial charge in [0.1, 0.15) is 6.54 Å². The van der Waals surface area contributed by atoms with Gasteiger partial charge in [-0.3, -0.25) is 9.59 Å². The standard InChI is InChI=1S/C26H23N3O2/c1-17-11-13-18(14-12-17)27-24(30)16-29-25(20-8-3-4-9-21(20)26(29)31)22-15-28(2)23-10-6-5-7-19(22)23/h3-15,25H,16H2,1-2H3,(H,27,30)/t25-/m1/s1. The molecular weight excluding hydrogens is 386 g/mol. The zero-order valence-corrected chi connectivity index (χ0v) is 17.5. The molecule has 0 aliphatic carbocycles. The normalized spacial score (nSPS) is 15.4. The molecule has 0 spiro atoms. The quantitative estimate of drug-likeness (QED) is 0.533. The van der Waals surface area contributed by atoms with Gasteiger partial charge in [-0.15, -0.1) is 0 Å². The highest BCUT2D eigenvalue weighted by atomic mass is 16.2. The molecule has 5 rings (SSSR count). The van der Waals surface area contributed by atoms with Crippen molar-refractivity contribution in [3.05, 3.63) is 101 Å². The number of anilines is 1. The van der Waals surface area contributed by atoms with Crippen molar-refractivity contribution in [2.45, 2.75) is 13.0 Å². The first kappa shape index (κ1) is 19.1. The van der Waals surface area contributed by atoms with Gasteiger partial charge >= 0.3 is 0 Å².